The zero-order valence-electron chi connectivity index (χ0n) is 12.3. The van der Waals surface area contributed by atoms with Crippen molar-refractivity contribution in [2.24, 2.45) is 7.05 Å². The molecule has 3 aromatic rings. The molecule has 0 unspecified atom stereocenters. The third-order valence-corrected chi connectivity index (χ3v) is 3.73. The SMILES string of the molecule is CCCc1ccc(C(=O)c2nn(C)c3ccccc23)cc1. The molecule has 0 aliphatic carbocycles. The van der Waals surface area contributed by atoms with E-state index in [2.05, 4.69) is 12.0 Å². The minimum atomic E-state index is -0.0187. The quantitative estimate of drug-likeness (QED) is 0.681. The second kappa shape index (κ2) is 5.52. The number of benzene rings is 2. The molecule has 0 aliphatic heterocycles. The normalized spacial score (nSPS) is 11.0. The molecule has 0 fully saturated rings. The number of hydrogen-bond donors (Lipinski definition) is 0. The summed E-state index contributed by atoms with van der Waals surface area (Å²) in [6.45, 7) is 2.15. The van der Waals surface area contributed by atoms with E-state index in [9.17, 15) is 4.79 Å². The van der Waals surface area contributed by atoms with Gasteiger partial charge in [0, 0.05) is 18.0 Å². The van der Waals surface area contributed by atoms with Gasteiger partial charge in [0.25, 0.3) is 0 Å². The van der Waals surface area contributed by atoms with Gasteiger partial charge < -0.3 is 0 Å². The summed E-state index contributed by atoms with van der Waals surface area (Å²) in [6.07, 6.45) is 2.15. The number of nitrogens with zero attached hydrogens (tertiary/aromatic N) is 2. The van der Waals surface area contributed by atoms with Crippen LogP contribution in [0, 0.1) is 0 Å². The van der Waals surface area contributed by atoms with Crippen LogP contribution in [0.3, 0.4) is 0 Å². The second-order valence-electron chi connectivity index (χ2n) is 5.27. The highest BCUT2D eigenvalue weighted by Crippen LogP contribution is 2.20. The van der Waals surface area contributed by atoms with Gasteiger partial charge >= 0.3 is 0 Å². The molecule has 1 heterocycles. The van der Waals surface area contributed by atoms with Gasteiger partial charge in [-0.1, -0.05) is 55.8 Å². The Labute approximate surface area is 124 Å². The summed E-state index contributed by atoms with van der Waals surface area (Å²) in [5.74, 6) is -0.0187. The van der Waals surface area contributed by atoms with E-state index in [0.29, 0.717) is 11.3 Å². The maximum absolute atomic E-state index is 12.7. The van der Waals surface area contributed by atoms with Crippen LogP contribution in [0.1, 0.15) is 35.0 Å². The molecule has 21 heavy (non-hydrogen) atoms. The number of fused-ring (bicyclic) bond motifs is 1. The molecule has 0 bridgehead atoms. The molecule has 0 saturated carbocycles. The molecule has 106 valence electrons. The Kier molecular flexibility index (Phi) is 3.57. The summed E-state index contributed by atoms with van der Waals surface area (Å²) in [7, 11) is 1.86. The van der Waals surface area contributed by atoms with Gasteiger partial charge in [0.05, 0.1) is 5.52 Å². The van der Waals surface area contributed by atoms with Gasteiger partial charge in [0.2, 0.25) is 5.78 Å². The fourth-order valence-electron chi connectivity index (χ4n) is 2.63. The summed E-state index contributed by atoms with van der Waals surface area (Å²) in [6, 6.07) is 15.7. The van der Waals surface area contributed by atoms with E-state index in [1.54, 1.807) is 4.68 Å². The van der Waals surface area contributed by atoms with E-state index in [-0.39, 0.29) is 5.78 Å². The minimum absolute atomic E-state index is 0.0187. The van der Waals surface area contributed by atoms with E-state index in [0.717, 1.165) is 23.7 Å². The van der Waals surface area contributed by atoms with E-state index in [1.807, 2.05) is 55.6 Å². The summed E-state index contributed by atoms with van der Waals surface area (Å²) in [5, 5.41) is 5.30. The smallest absolute Gasteiger partial charge is 0.213 e. The lowest BCUT2D eigenvalue weighted by Gasteiger charge is -2.01. The van der Waals surface area contributed by atoms with Crippen molar-refractivity contribution in [2.45, 2.75) is 19.8 Å². The van der Waals surface area contributed by atoms with E-state index < -0.39 is 0 Å². The molecular weight excluding hydrogens is 260 g/mol. The molecule has 3 nitrogen and oxygen atoms in total. The first-order chi connectivity index (χ1) is 10.2. The van der Waals surface area contributed by atoms with Gasteiger partial charge in [-0.3, -0.25) is 9.48 Å². The Morgan fingerprint density at radius 3 is 2.52 bits per heavy atom. The lowest BCUT2D eigenvalue weighted by Crippen LogP contribution is -2.04. The number of rotatable bonds is 4. The number of hydrogen-bond acceptors (Lipinski definition) is 2. The highest BCUT2D eigenvalue weighted by atomic mass is 16.1. The van der Waals surface area contributed by atoms with Crippen molar-refractivity contribution in [3.05, 3.63) is 65.4 Å². The van der Waals surface area contributed by atoms with Crippen molar-refractivity contribution in [1.82, 2.24) is 9.78 Å². The van der Waals surface area contributed by atoms with Gasteiger partial charge in [-0.15, -0.1) is 0 Å². The fourth-order valence-corrected chi connectivity index (χ4v) is 2.63. The lowest BCUT2D eigenvalue weighted by atomic mass is 10.0. The number of aryl methyl sites for hydroxylation is 2. The van der Waals surface area contributed by atoms with Crippen molar-refractivity contribution >= 4 is 16.7 Å². The molecule has 0 radical (unpaired) electrons. The zero-order chi connectivity index (χ0) is 14.8. The maximum atomic E-state index is 12.7. The Hall–Kier alpha value is -2.42. The molecule has 3 heteroatoms. The van der Waals surface area contributed by atoms with Gasteiger partial charge in [0.1, 0.15) is 5.69 Å². The van der Waals surface area contributed by atoms with Crippen LogP contribution in [0.4, 0.5) is 0 Å². The molecule has 0 spiro atoms. The van der Waals surface area contributed by atoms with Gasteiger partial charge in [0.15, 0.2) is 0 Å². The second-order valence-corrected chi connectivity index (χ2v) is 5.27. The molecule has 0 amide bonds. The Bertz CT molecular complexity index is 785. The molecule has 1 aromatic heterocycles. The summed E-state index contributed by atoms with van der Waals surface area (Å²) < 4.78 is 1.76. The van der Waals surface area contributed by atoms with Crippen molar-refractivity contribution in [3.63, 3.8) is 0 Å². The maximum Gasteiger partial charge on any atom is 0.213 e. The highest BCUT2D eigenvalue weighted by Gasteiger charge is 2.17. The molecule has 0 atom stereocenters. The Balaban J connectivity index is 2.00. The number of ketones is 1. The van der Waals surface area contributed by atoms with Gasteiger partial charge in [-0.2, -0.15) is 5.10 Å². The summed E-state index contributed by atoms with van der Waals surface area (Å²) in [5.41, 5.74) is 3.46. The number of carbonyl (C=O) groups is 1. The largest absolute Gasteiger partial charge is 0.287 e. The van der Waals surface area contributed by atoms with Crippen molar-refractivity contribution in [2.75, 3.05) is 0 Å². The predicted molar refractivity (Wildman–Crippen MR) is 84.6 cm³/mol. The third kappa shape index (κ3) is 2.47. The van der Waals surface area contributed by atoms with Crippen LogP contribution in [0.5, 0.6) is 0 Å². The van der Waals surface area contributed by atoms with Crippen LogP contribution < -0.4 is 0 Å². The third-order valence-electron chi connectivity index (χ3n) is 3.73. The van der Waals surface area contributed by atoms with Crippen LogP contribution in [-0.4, -0.2) is 15.6 Å². The number of para-hydroxylation sites is 1. The monoisotopic (exact) mass is 278 g/mol. The number of aromatic nitrogens is 2. The zero-order valence-corrected chi connectivity index (χ0v) is 12.3. The van der Waals surface area contributed by atoms with Crippen LogP contribution in [-0.2, 0) is 13.5 Å². The standard InChI is InChI=1S/C18H18N2O/c1-3-6-13-9-11-14(12-10-13)18(21)17-15-7-4-5-8-16(15)20(2)19-17/h4-5,7-12H,3,6H2,1-2H3. The Morgan fingerprint density at radius 2 is 1.81 bits per heavy atom. The van der Waals surface area contributed by atoms with Crippen molar-refractivity contribution < 1.29 is 4.79 Å². The van der Waals surface area contributed by atoms with E-state index in [1.165, 1.54) is 5.56 Å². The lowest BCUT2D eigenvalue weighted by molar-refractivity contribution is 0.103. The van der Waals surface area contributed by atoms with Crippen molar-refractivity contribution in [1.29, 1.82) is 0 Å². The number of carbonyl (C=O) groups excluding carboxylic acids is 1. The fraction of sp³-hybridized carbons (Fsp3) is 0.222. The topological polar surface area (TPSA) is 34.9 Å². The Morgan fingerprint density at radius 1 is 1.10 bits per heavy atom. The van der Waals surface area contributed by atoms with Crippen LogP contribution >= 0.6 is 0 Å². The molecule has 0 N–H and O–H groups in total. The van der Waals surface area contributed by atoms with Gasteiger partial charge in [-0.05, 0) is 18.1 Å². The molecular formula is C18H18N2O. The van der Waals surface area contributed by atoms with Crippen LogP contribution in [0.25, 0.3) is 10.9 Å². The first-order valence-electron chi connectivity index (χ1n) is 7.26. The predicted octanol–water partition coefficient (Wildman–Crippen LogP) is 3.76. The average molecular weight is 278 g/mol. The van der Waals surface area contributed by atoms with Crippen molar-refractivity contribution in [3.8, 4) is 0 Å². The molecule has 3 rings (SSSR count). The van der Waals surface area contributed by atoms with Crippen LogP contribution in [0.15, 0.2) is 48.5 Å². The van der Waals surface area contributed by atoms with Gasteiger partial charge in [-0.25, -0.2) is 0 Å². The van der Waals surface area contributed by atoms with E-state index >= 15 is 0 Å². The molecule has 2 aromatic carbocycles. The van der Waals surface area contributed by atoms with E-state index in [4.69, 9.17) is 0 Å². The average Bonchev–Trinajstić information content (AvgIpc) is 2.85. The molecule has 0 aliphatic rings. The molecule has 0 saturated heterocycles. The minimum Gasteiger partial charge on any atom is -0.287 e. The first kappa shape index (κ1) is 13.6. The van der Waals surface area contributed by atoms with Crippen LogP contribution in [0.2, 0.25) is 0 Å². The summed E-state index contributed by atoms with van der Waals surface area (Å²) in [4.78, 5) is 12.7. The first-order valence-corrected chi connectivity index (χ1v) is 7.26. The summed E-state index contributed by atoms with van der Waals surface area (Å²) >= 11 is 0. The highest BCUT2D eigenvalue weighted by molar-refractivity contribution is 6.14.